The summed E-state index contributed by atoms with van der Waals surface area (Å²) in [5.74, 6) is 1.58. The standard InChI is InChI=1S/C15H17NO2/c16-10-13(11-17)12-6-8-15(9-7-12)18-14-4-2-1-3-5-14/h1-9,13,17H,10-11,16H2/t13-/m1/s1. The van der Waals surface area contributed by atoms with Gasteiger partial charge in [0.05, 0.1) is 6.61 Å². The van der Waals surface area contributed by atoms with Crippen LogP contribution in [0, 0.1) is 0 Å². The molecule has 0 aliphatic heterocycles. The fourth-order valence-corrected chi connectivity index (χ4v) is 1.75. The zero-order valence-corrected chi connectivity index (χ0v) is 10.1. The van der Waals surface area contributed by atoms with Gasteiger partial charge in [-0.05, 0) is 29.8 Å². The molecule has 2 rings (SSSR count). The Hall–Kier alpha value is -1.84. The van der Waals surface area contributed by atoms with Crippen LogP contribution in [0.15, 0.2) is 54.6 Å². The van der Waals surface area contributed by atoms with Gasteiger partial charge in [-0.15, -0.1) is 0 Å². The average Bonchev–Trinajstić information content (AvgIpc) is 2.43. The monoisotopic (exact) mass is 243 g/mol. The predicted octanol–water partition coefficient (Wildman–Crippen LogP) is 2.51. The van der Waals surface area contributed by atoms with E-state index in [9.17, 15) is 5.11 Å². The van der Waals surface area contributed by atoms with Crippen molar-refractivity contribution in [2.45, 2.75) is 5.92 Å². The van der Waals surface area contributed by atoms with Gasteiger partial charge in [-0.1, -0.05) is 30.3 Å². The molecule has 0 saturated carbocycles. The molecule has 0 saturated heterocycles. The normalized spacial score (nSPS) is 12.1. The Balaban J connectivity index is 2.08. The molecule has 0 aromatic heterocycles. The van der Waals surface area contributed by atoms with Crippen LogP contribution in [0.2, 0.25) is 0 Å². The van der Waals surface area contributed by atoms with Crippen molar-refractivity contribution in [3.05, 3.63) is 60.2 Å². The van der Waals surface area contributed by atoms with Gasteiger partial charge >= 0.3 is 0 Å². The number of ether oxygens (including phenoxy) is 1. The quantitative estimate of drug-likeness (QED) is 0.848. The van der Waals surface area contributed by atoms with Gasteiger partial charge in [-0.3, -0.25) is 0 Å². The van der Waals surface area contributed by atoms with Crippen LogP contribution >= 0.6 is 0 Å². The molecule has 0 unspecified atom stereocenters. The van der Waals surface area contributed by atoms with E-state index in [2.05, 4.69) is 0 Å². The minimum Gasteiger partial charge on any atom is -0.457 e. The van der Waals surface area contributed by atoms with Gasteiger partial charge in [0.2, 0.25) is 0 Å². The first-order chi connectivity index (χ1) is 8.83. The molecule has 94 valence electrons. The first-order valence-corrected chi connectivity index (χ1v) is 5.97. The third-order valence-electron chi connectivity index (χ3n) is 2.84. The average molecular weight is 243 g/mol. The van der Waals surface area contributed by atoms with Gasteiger partial charge in [0.1, 0.15) is 11.5 Å². The number of hydrogen-bond acceptors (Lipinski definition) is 3. The van der Waals surface area contributed by atoms with Crippen LogP contribution < -0.4 is 10.5 Å². The van der Waals surface area contributed by atoms with Gasteiger partial charge in [0.25, 0.3) is 0 Å². The van der Waals surface area contributed by atoms with Crippen LogP contribution in [-0.4, -0.2) is 18.3 Å². The van der Waals surface area contributed by atoms with Gasteiger partial charge in [0, 0.05) is 12.5 Å². The molecule has 0 amide bonds. The maximum atomic E-state index is 9.17. The molecule has 0 aliphatic rings. The van der Waals surface area contributed by atoms with E-state index in [1.54, 1.807) is 0 Å². The third-order valence-corrected chi connectivity index (χ3v) is 2.84. The summed E-state index contributed by atoms with van der Waals surface area (Å²) in [7, 11) is 0. The van der Waals surface area contributed by atoms with Crippen molar-refractivity contribution in [1.29, 1.82) is 0 Å². The summed E-state index contributed by atoms with van der Waals surface area (Å²) in [6.45, 7) is 0.505. The summed E-state index contributed by atoms with van der Waals surface area (Å²) in [5.41, 5.74) is 6.61. The highest BCUT2D eigenvalue weighted by molar-refractivity contribution is 5.34. The lowest BCUT2D eigenvalue weighted by Crippen LogP contribution is -2.15. The molecule has 2 aromatic rings. The van der Waals surface area contributed by atoms with Crippen molar-refractivity contribution in [2.75, 3.05) is 13.2 Å². The topological polar surface area (TPSA) is 55.5 Å². The second-order valence-electron chi connectivity index (χ2n) is 4.10. The van der Waals surface area contributed by atoms with E-state index < -0.39 is 0 Å². The maximum absolute atomic E-state index is 9.17. The molecule has 3 nitrogen and oxygen atoms in total. The summed E-state index contributed by atoms with van der Waals surface area (Å²) in [6, 6.07) is 17.3. The smallest absolute Gasteiger partial charge is 0.127 e. The molecule has 0 fully saturated rings. The summed E-state index contributed by atoms with van der Waals surface area (Å²) >= 11 is 0. The SMILES string of the molecule is NC[C@H](CO)c1ccc(Oc2ccccc2)cc1. The van der Waals surface area contributed by atoms with Gasteiger partial charge in [-0.25, -0.2) is 0 Å². The van der Waals surface area contributed by atoms with E-state index in [0.29, 0.717) is 6.54 Å². The Morgan fingerprint density at radius 2 is 1.56 bits per heavy atom. The van der Waals surface area contributed by atoms with E-state index in [4.69, 9.17) is 10.5 Å². The molecule has 0 aliphatic carbocycles. The number of aliphatic hydroxyl groups is 1. The highest BCUT2D eigenvalue weighted by atomic mass is 16.5. The summed E-state index contributed by atoms with van der Waals surface area (Å²) in [6.07, 6.45) is 0. The van der Waals surface area contributed by atoms with Crippen molar-refractivity contribution >= 4 is 0 Å². The molecule has 3 N–H and O–H groups in total. The first kappa shape index (κ1) is 12.6. The molecule has 3 heteroatoms. The molecule has 0 radical (unpaired) electrons. The van der Waals surface area contributed by atoms with Crippen LogP contribution in [0.5, 0.6) is 11.5 Å². The Kier molecular flexibility index (Phi) is 4.34. The Morgan fingerprint density at radius 3 is 2.11 bits per heavy atom. The highest BCUT2D eigenvalue weighted by Crippen LogP contribution is 2.23. The van der Waals surface area contributed by atoms with Crippen LogP contribution in [-0.2, 0) is 0 Å². The number of hydrogen-bond donors (Lipinski definition) is 2. The summed E-state index contributed by atoms with van der Waals surface area (Å²) < 4.78 is 5.69. The summed E-state index contributed by atoms with van der Waals surface area (Å²) in [5, 5.41) is 9.17. The molecule has 0 bridgehead atoms. The maximum Gasteiger partial charge on any atom is 0.127 e. The van der Waals surface area contributed by atoms with E-state index in [-0.39, 0.29) is 12.5 Å². The molecule has 2 aromatic carbocycles. The van der Waals surface area contributed by atoms with Crippen LogP contribution in [0.1, 0.15) is 11.5 Å². The van der Waals surface area contributed by atoms with E-state index >= 15 is 0 Å². The molecular weight excluding hydrogens is 226 g/mol. The lowest BCUT2D eigenvalue weighted by molar-refractivity contribution is 0.268. The fraction of sp³-hybridized carbons (Fsp3) is 0.200. The zero-order chi connectivity index (χ0) is 12.8. The van der Waals surface area contributed by atoms with Crippen molar-refractivity contribution < 1.29 is 9.84 Å². The number of rotatable bonds is 5. The minimum atomic E-state index is -0.00391. The summed E-state index contributed by atoms with van der Waals surface area (Å²) in [4.78, 5) is 0. The van der Waals surface area contributed by atoms with Crippen molar-refractivity contribution in [1.82, 2.24) is 0 Å². The zero-order valence-electron chi connectivity index (χ0n) is 10.1. The Bertz CT molecular complexity index is 464. The number of nitrogens with two attached hydrogens (primary N) is 1. The molecule has 18 heavy (non-hydrogen) atoms. The third kappa shape index (κ3) is 3.09. The fourth-order valence-electron chi connectivity index (χ4n) is 1.75. The molecule has 0 spiro atoms. The second kappa shape index (κ2) is 6.19. The Morgan fingerprint density at radius 1 is 0.944 bits per heavy atom. The second-order valence-corrected chi connectivity index (χ2v) is 4.10. The Labute approximate surface area is 107 Å². The minimum absolute atomic E-state index is 0.00391. The van der Waals surface area contributed by atoms with Crippen molar-refractivity contribution in [2.24, 2.45) is 5.73 Å². The van der Waals surface area contributed by atoms with Crippen LogP contribution in [0.4, 0.5) is 0 Å². The molecule has 1 atom stereocenters. The van der Waals surface area contributed by atoms with Gasteiger partial charge < -0.3 is 15.6 Å². The van der Waals surface area contributed by atoms with Crippen LogP contribution in [0.25, 0.3) is 0 Å². The van der Waals surface area contributed by atoms with Gasteiger partial charge in [0.15, 0.2) is 0 Å². The number of benzene rings is 2. The van der Waals surface area contributed by atoms with Gasteiger partial charge in [-0.2, -0.15) is 0 Å². The lowest BCUT2D eigenvalue weighted by atomic mass is 10.0. The molecule has 0 heterocycles. The number of para-hydroxylation sites is 1. The number of aliphatic hydroxyl groups excluding tert-OH is 1. The van der Waals surface area contributed by atoms with E-state index in [1.807, 2.05) is 54.6 Å². The largest absolute Gasteiger partial charge is 0.457 e. The predicted molar refractivity (Wildman–Crippen MR) is 71.8 cm³/mol. The molecular formula is C15H17NO2. The van der Waals surface area contributed by atoms with Crippen LogP contribution in [0.3, 0.4) is 0 Å². The van der Waals surface area contributed by atoms with E-state index in [1.165, 1.54) is 0 Å². The van der Waals surface area contributed by atoms with E-state index in [0.717, 1.165) is 17.1 Å². The lowest BCUT2D eigenvalue weighted by Gasteiger charge is -2.12. The van der Waals surface area contributed by atoms with Crippen molar-refractivity contribution in [3.63, 3.8) is 0 Å². The highest BCUT2D eigenvalue weighted by Gasteiger charge is 2.08. The van der Waals surface area contributed by atoms with Crippen molar-refractivity contribution in [3.8, 4) is 11.5 Å². The first-order valence-electron chi connectivity index (χ1n) is 5.97.